The monoisotopic (exact) mass is 253 g/mol. The normalized spacial score (nSPS) is 19.1. The van der Waals surface area contributed by atoms with Gasteiger partial charge in [0.05, 0.1) is 0 Å². The molecule has 0 saturated carbocycles. The summed E-state index contributed by atoms with van der Waals surface area (Å²) in [6, 6.07) is 14.9. The van der Waals surface area contributed by atoms with Crippen LogP contribution in [-0.4, -0.2) is 11.0 Å². The van der Waals surface area contributed by atoms with Crippen LogP contribution < -0.4 is 11.3 Å². The summed E-state index contributed by atoms with van der Waals surface area (Å²) in [5.74, 6) is 6.20. The summed E-state index contributed by atoms with van der Waals surface area (Å²) < 4.78 is 0. The summed E-state index contributed by atoms with van der Waals surface area (Å²) in [6.07, 6.45) is 5.07. The quantitative estimate of drug-likeness (QED) is 0.648. The van der Waals surface area contributed by atoms with E-state index in [0.29, 0.717) is 5.92 Å². The maximum Gasteiger partial charge on any atom is 0.0482 e. The number of hydrogen-bond acceptors (Lipinski definition) is 3. The Bertz CT molecular complexity index is 539. The lowest BCUT2D eigenvalue weighted by molar-refractivity contribution is 0.429. The van der Waals surface area contributed by atoms with Crippen LogP contribution in [0.2, 0.25) is 0 Å². The van der Waals surface area contributed by atoms with Crippen molar-refractivity contribution in [2.75, 3.05) is 0 Å². The van der Waals surface area contributed by atoms with Crippen LogP contribution in [0, 0.1) is 0 Å². The smallest absolute Gasteiger partial charge is 0.0482 e. The molecule has 0 spiro atoms. The van der Waals surface area contributed by atoms with Crippen LogP contribution in [0.5, 0.6) is 0 Å². The second kappa shape index (κ2) is 5.51. The molecule has 3 heteroatoms. The highest BCUT2D eigenvalue weighted by atomic mass is 15.2. The molecular weight excluding hydrogens is 234 g/mol. The molecule has 3 N–H and O–H groups in total. The fourth-order valence-corrected chi connectivity index (χ4v) is 3.02. The molecule has 1 aliphatic carbocycles. The first-order valence-electron chi connectivity index (χ1n) is 6.82. The van der Waals surface area contributed by atoms with Crippen molar-refractivity contribution in [3.05, 3.63) is 65.5 Å². The Kier molecular flexibility index (Phi) is 3.58. The van der Waals surface area contributed by atoms with Gasteiger partial charge in [-0.05, 0) is 36.5 Å². The van der Waals surface area contributed by atoms with Gasteiger partial charge < -0.3 is 0 Å². The number of benzene rings is 1. The Balaban J connectivity index is 1.81. The first kappa shape index (κ1) is 12.3. The lowest BCUT2D eigenvalue weighted by Gasteiger charge is -2.23. The van der Waals surface area contributed by atoms with E-state index >= 15 is 0 Å². The van der Waals surface area contributed by atoms with Crippen molar-refractivity contribution in [3.63, 3.8) is 0 Å². The number of aryl methyl sites for hydroxylation is 1. The van der Waals surface area contributed by atoms with Gasteiger partial charge in [0, 0.05) is 23.9 Å². The van der Waals surface area contributed by atoms with Gasteiger partial charge in [0.25, 0.3) is 0 Å². The summed E-state index contributed by atoms with van der Waals surface area (Å²) in [6.45, 7) is 0. The van der Waals surface area contributed by atoms with Gasteiger partial charge in [0.15, 0.2) is 0 Å². The average molecular weight is 253 g/mol. The van der Waals surface area contributed by atoms with E-state index in [1.54, 1.807) is 0 Å². The lowest BCUT2D eigenvalue weighted by atomic mass is 9.92. The Morgan fingerprint density at radius 3 is 2.84 bits per heavy atom. The van der Waals surface area contributed by atoms with Gasteiger partial charge in [-0.1, -0.05) is 36.4 Å². The molecule has 0 fully saturated rings. The van der Waals surface area contributed by atoms with Crippen LogP contribution in [0.25, 0.3) is 0 Å². The van der Waals surface area contributed by atoms with E-state index in [1.807, 2.05) is 18.3 Å². The number of rotatable bonds is 4. The second-order valence-corrected chi connectivity index (χ2v) is 5.16. The van der Waals surface area contributed by atoms with Gasteiger partial charge in [-0.3, -0.25) is 16.3 Å². The van der Waals surface area contributed by atoms with E-state index in [0.717, 1.165) is 19.3 Å². The highest BCUT2D eigenvalue weighted by Gasteiger charge is 2.30. The molecule has 1 heterocycles. The minimum atomic E-state index is 0.249. The summed E-state index contributed by atoms with van der Waals surface area (Å²) in [5, 5.41) is 0. The Labute approximate surface area is 113 Å². The van der Waals surface area contributed by atoms with Gasteiger partial charge in [-0.25, -0.2) is 0 Å². The number of fused-ring (bicyclic) bond motifs is 1. The van der Waals surface area contributed by atoms with Gasteiger partial charge in [0.2, 0.25) is 0 Å². The number of aromatic nitrogens is 1. The number of pyridine rings is 1. The van der Waals surface area contributed by atoms with Crippen molar-refractivity contribution < 1.29 is 0 Å². The number of nitrogens with two attached hydrogens (primary N) is 1. The Morgan fingerprint density at radius 2 is 2.05 bits per heavy atom. The Morgan fingerprint density at radius 1 is 1.21 bits per heavy atom. The van der Waals surface area contributed by atoms with Gasteiger partial charge in [-0.2, -0.15) is 0 Å². The number of hydrogen-bond donors (Lipinski definition) is 2. The molecule has 0 aliphatic heterocycles. The average Bonchev–Trinajstić information content (AvgIpc) is 2.90. The molecule has 0 saturated heterocycles. The van der Waals surface area contributed by atoms with Crippen LogP contribution in [0.4, 0.5) is 0 Å². The molecule has 0 amide bonds. The molecule has 3 rings (SSSR count). The van der Waals surface area contributed by atoms with E-state index in [-0.39, 0.29) is 6.04 Å². The highest BCUT2D eigenvalue weighted by molar-refractivity contribution is 5.30. The molecule has 0 radical (unpaired) electrons. The third kappa shape index (κ3) is 2.53. The van der Waals surface area contributed by atoms with E-state index in [9.17, 15) is 0 Å². The third-order valence-corrected chi connectivity index (χ3v) is 4.00. The number of hydrazine groups is 1. The van der Waals surface area contributed by atoms with Crippen molar-refractivity contribution in [2.24, 2.45) is 5.84 Å². The van der Waals surface area contributed by atoms with Crippen molar-refractivity contribution in [3.8, 4) is 0 Å². The summed E-state index contributed by atoms with van der Waals surface area (Å²) in [4.78, 5) is 4.56. The first-order chi connectivity index (χ1) is 9.38. The molecule has 2 aromatic rings. The maximum absolute atomic E-state index is 5.78. The van der Waals surface area contributed by atoms with Gasteiger partial charge in [-0.15, -0.1) is 0 Å². The van der Waals surface area contributed by atoms with Gasteiger partial charge >= 0.3 is 0 Å². The fourth-order valence-electron chi connectivity index (χ4n) is 3.02. The van der Waals surface area contributed by atoms with Crippen LogP contribution >= 0.6 is 0 Å². The molecule has 2 unspecified atom stereocenters. The molecule has 98 valence electrons. The SMILES string of the molecule is NNC(Cc1ccccc1)C1CCc2cccnc21. The lowest BCUT2D eigenvalue weighted by Crippen LogP contribution is -2.41. The summed E-state index contributed by atoms with van der Waals surface area (Å²) >= 11 is 0. The van der Waals surface area contributed by atoms with Crippen molar-refractivity contribution >= 4 is 0 Å². The van der Waals surface area contributed by atoms with E-state index in [2.05, 4.69) is 40.7 Å². The van der Waals surface area contributed by atoms with Gasteiger partial charge in [0.1, 0.15) is 0 Å². The number of nitrogens with one attached hydrogen (secondary N) is 1. The van der Waals surface area contributed by atoms with E-state index < -0.39 is 0 Å². The molecule has 19 heavy (non-hydrogen) atoms. The van der Waals surface area contributed by atoms with Crippen molar-refractivity contribution in [1.82, 2.24) is 10.4 Å². The molecule has 1 aliphatic rings. The second-order valence-electron chi connectivity index (χ2n) is 5.16. The van der Waals surface area contributed by atoms with E-state index in [4.69, 9.17) is 5.84 Å². The third-order valence-electron chi connectivity index (χ3n) is 4.00. The van der Waals surface area contributed by atoms with Crippen molar-refractivity contribution in [2.45, 2.75) is 31.2 Å². The zero-order chi connectivity index (χ0) is 13.1. The Hall–Kier alpha value is -1.71. The summed E-state index contributed by atoms with van der Waals surface area (Å²) in [7, 11) is 0. The molecular formula is C16H19N3. The summed E-state index contributed by atoms with van der Waals surface area (Å²) in [5.41, 5.74) is 6.91. The van der Waals surface area contributed by atoms with Crippen molar-refractivity contribution in [1.29, 1.82) is 0 Å². The molecule has 3 nitrogen and oxygen atoms in total. The zero-order valence-electron chi connectivity index (χ0n) is 10.9. The largest absolute Gasteiger partial charge is 0.271 e. The van der Waals surface area contributed by atoms with Crippen LogP contribution in [0.15, 0.2) is 48.7 Å². The topological polar surface area (TPSA) is 50.9 Å². The fraction of sp³-hybridized carbons (Fsp3) is 0.312. The predicted octanol–water partition coefficient (Wildman–Crippen LogP) is 2.19. The van der Waals surface area contributed by atoms with Crippen LogP contribution in [0.3, 0.4) is 0 Å². The molecule has 0 bridgehead atoms. The number of nitrogens with zero attached hydrogens (tertiary/aromatic N) is 1. The zero-order valence-corrected chi connectivity index (χ0v) is 10.9. The first-order valence-corrected chi connectivity index (χ1v) is 6.82. The predicted molar refractivity (Wildman–Crippen MR) is 76.6 cm³/mol. The maximum atomic E-state index is 5.78. The standard InChI is InChI=1S/C16H19N3/c17-19-15(11-12-5-2-1-3-6-12)14-9-8-13-7-4-10-18-16(13)14/h1-7,10,14-15,19H,8-9,11,17H2. The van der Waals surface area contributed by atoms with Crippen LogP contribution in [-0.2, 0) is 12.8 Å². The molecule has 2 atom stereocenters. The minimum absolute atomic E-state index is 0.249. The van der Waals surface area contributed by atoms with Crippen LogP contribution in [0.1, 0.15) is 29.2 Å². The minimum Gasteiger partial charge on any atom is -0.271 e. The molecule has 1 aromatic carbocycles. The molecule has 1 aromatic heterocycles. The highest BCUT2D eigenvalue weighted by Crippen LogP contribution is 2.34. The van der Waals surface area contributed by atoms with E-state index in [1.165, 1.54) is 16.8 Å².